The van der Waals surface area contributed by atoms with E-state index in [1.165, 1.54) is 30.2 Å². The first-order valence-corrected chi connectivity index (χ1v) is 8.95. The van der Waals surface area contributed by atoms with Gasteiger partial charge in [-0.2, -0.15) is 5.26 Å². The lowest BCUT2D eigenvalue weighted by molar-refractivity contribution is 0.569. The Balaban J connectivity index is 1.95. The molecule has 23 heavy (non-hydrogen) atoms. The zero-order chi connectivity index (χ0) is 16.1. The van der Waals surface area contributed by atoms with Crippen molar-refractivity contribution in [3.8, 4) is 6.07 Å². The van der Waals surface area contributed by atoms with Gasteiger partial charge in [0.05, 0.1) is 22.7 Å². The Kier molecular flexibility index (Phi) is 5.14. The SMILES string of the molecule is N#CCSc1nc2ccccc2c(=O)n1CCC1=CCCCC1. The van der Waals surface area contributed by atoms with Gasteiger partial charge in [-0.05, 0) is 44.2 Å². The summed E-state index contributed by atoms with van der Waals surface area (Å²) in [4.78, 5) is 17.4. The number of para-hydroxylation sites is 1. The Morgan fingerprint density at radius 2 is 2.17 bits per heavy atom. The molecule has 0 radical (unpaired) electrons. The summed E-state index contributed by atoms with van der Waals surface area (Å²) in [5.41, 5.74) is 2.13. The third-order valence-corrected chi connectivity index (χ3v) is 4.98. The Labute approximate surface area is 139 Å². The molecule has 0 spiro atoms. The molecule has 118 valence electrons. The average Bonchev–Trinajstić information content (AvgIpc) is 2.60. The van der Waals surface area contributed by atoms with Crippen molar-refractivity contribution in [2.75, 3.05) is 5.75 Å². The van der Waals surface area contributed by atoms with Crippen LogP contribution in [0.1, 0.15) is 32.1 Å². The molecular formula is C18H19N3OS. The molecule has 0 saturated heterocycles. The van der Waals surface area contributed by atoms with Crippen molar-refractivity contribution in [3.63, 3.8) is 0 Å². The van der Waals surface area contributed by atoms with Crippen LogP contribution in [-0.2, 0) is 6.54 Å². The highest BCUT2D eigenvalue weighted by atomic mass is 32.2. The maximum Gasteiger partial charge on any atom is 0.262 e. The summed E-state index contributed by atoms with van der Waals surface area (Å²) in [6.45, 7) is 0.635. The maximum absolute atomic E-state index is 12.8. The van der Waals surface area contributed by atoms with Gasteiger partial charge in [0.2, 0.25) is 0 Å². The molecular weight excluding hydrogens is 306 g/mol. The highest BCUT2D eigenvalue weighted by molar-refractivity contribution is 7.99. The number of rotatable bonds is 5. The molecule has 0 unspecified atom stereocenters. The summed E-state index contributed by atoms with van der Waals surface area (Å²) in [7, 11) is 0. The quantitative estimate of drug-likeness (QED) is 0.475. The minimum Gasteiger partial charge on any atom is -0.287 e. The Morgan fingerprint density at radius 3 is 2.96 bits per heavy atom. The van der Waals surface area contributed by atoms with E-state index in [2.05, 4.69) is 17.1 Å². The summed E-state index contributed by atoms with van der Waals surface area (Å²) in [6.07, 6.45) is 7.99. The lowest BCUT2D eigenvalue weighted by Crippen LogP contribution is -2.24. The Bertz CT molecular complexity index is 832. The van der Waals surface area contributed by atoms with Gasteiger partial charge in [-0.25, -0.2) is 4.98 Å². The second kappa shape index (κ2) is 7.47. The van der Waals surface area contributed by atoms with E-state index in [4.69, 9.17) is 5.26 Å². The van der Waals surface area contributed by atoms with Gasteiger partial charge in [-0.15, -0.1) is 0 Å². The number of fused-ring (bicyclic) bond motifs is 1. The van der Waals surface area contributed by atoms with Crippen molar-refractivity contribution in [2.24, 2.45) is 0 Å². The van der Waals surface area contributed by atoms with Crippen LogP contribution >= 0.6 is 11.8 Å². The molecule has 0 N–H and O–H groups in total. The monoisotopic (exact) mass is 325 g/mol. The smallest absolute Gasteiger partial charge is 0.262 e. The fourth-order valence-corrected chi connectivity index (χ4v) is 3.63. The van der Waals surface area contributed by atoms with Crippen LogP contribution in [0, 0.1) is 11.3 Å². The van der Waals surface area contributed by atoms with Crippen molar-refractivity contribution < 1.29 is 0 Å². The minimum absolute atomic E-state index is 0.00699. The van der Waals surface area contributed by atoms with E-state index < -0.39 is 0 Å². The van der Waals surface area contributed by atoms with Crippen LogP contribution < -0.4 is 5.56 Å². The Morgan fingerprint density at radius 1 is 1.30 bits per heavy atom. The number of hydrogen-bond donors (Lipinski definition) is 0. The molecule has 3 rings (SSSR count). The molecule has 0 saturated carbocycles. The average molecular weight is 325 g/mol. The minimum atomic E-state index is -0.00699. The van der Waals surface area contributed by atoms with Crippen molar-refractivity contribution in [1.29, 1.82) is 5.26 Å². The molecule has 1 aliphatic rings. The predicted octanol–water partition coefficient (Wildman–Crippen LogP) is 3.90. The van der Waals surface area contributed by atoms with E-state index in [0.29, 0.717) is 28.4 Å². The third kappa shape index (κ3) is 3.65. The van der Waals surface area contributed by atoms with Gasteiger partial charge in [-0.3, -0.25) is 9.36 Å². The number of aromatic nitrogens is 2. The van der Waals surface area contributed by atoms with Crippen molar-refractivity contribution in [3.05, 3.63) is 46.3 Å². The van der Waals surface area contributed by atoms with Crippen LogP contribution in [0.4, 0.5) is 0 Å². The highest BCUT2D eigenvalue weighted by Gasteiger charge is 2.12. The maximum atomic E-state index is 12.8. The molecule has 1 aromatic carbocycles. The molecule has 0 aliphatic heterocycles. The van der Waals surface area contributed by atoms with Crippen LogP contribution in [0.2, 0.25) is 0 Å². The molecule has 0 bridgehead atoms. The molecule has 2 aromatic rings. The summed E-state index contributed by atoms with van der Waals surface area (Å²) in [5.74, 6) is 0.299. The number of nitriles is 1. The van der Waals surface area contributed by atoms with Crippen molar-refractivity contribution >= 4 is 22.7 Å². The van der Waals surface area contributed by atoms with Gasteiger partial charge in [0.15, 0.2) is 5.16 Å². The standard InChI is InChI=1S/C18H19N3OS/c19-11-13-23-18-20-16-9-5-4-8-15(16)17(22)21(18)12-10-14-6-2-1-3-7-14/h4-6,8-9H,1-3,7,10,12-13H2. The van der Waals surface area contributed by atoms with Gasteiger partial charge in [-0.1, -0.05) is 35.5 Å². The number of hydrogen-bond acceptors (Lipinski definition) is 4. The van der Waals surface area contributed by atoms with Gasteiger partial charge in [0.1, 0.15) is 0 Å². The van der Waals surface area contributed by atoms with Crippen molar-refractivity contribution in [1.82, 2.24) is 9.55 Å². The molecule has 0 fully saturated rings. The summed E-state index contributed by atoms with van der Waals surface area (Å²) < 4.78 is 1.74. The van der Waals surface area contributed by atoms with E-state index in [-0.39, 0.29) is 5.56 Å². The van der Waals surface area contributed by atoms with Crippen LogP contribution in [-0.4, -0.2) is 15.3 Å². The summed E-state index contributed by atoms with van der Waals surface area (Å²) >= 11 is 1.33. The molecule has 1 aliphatic carbocycles. The lowest BCUT2D eigenvalue weighted by atomic mass is 9.97. The van der Waals surface area contributed by atoms with Gasteiger partial charge in [0.25, 0.3) is 5.56 Å². The fraction of sp³-hybridized carbons (Fsp3) is 0.389. The van der Waals surface area contributed by atoms with Crippen LogP contribution in [0.25, 0.3) is 10.9 Å². The fourth-order valence-electron chi connectivity index (χ4n) is 2.94. The van der Waals surface area contributed by atoms with Crippen LogP contribution in [0.15, 0.2) is 45.9 Å². The predicted molar refractivity (Wildman–Crippen MR) is 93.5 cm³/mol. The largest absolute Gasteiger partial charge is 0.287 e. The first kappa shape index (κ1) is 15.8. The number of nitrogens with zero attached hydrogens (tertiary/aromatic N) is 3. The lowest BCUT2D eigenvalue weighted by Gasteiger charge is -2.15. The van der Waals surface area contributed by atoms with Gasteiger partial charge >= 0.3 is 0 Å². The molecule has 5 heteroatoms. The first-order valence-electron chi connectivity index (χ1n) is 7.97. The van der Waals surface area contributed by atoms with E-state index >= 15 is 0 Å². The second-order valence-corrected chi connectivity index (χ2v) is 6.62. The Hall–Kier alpha value is -2.06. The number of thioether (sulfide) groups is 1. The van der Waals surface area contributed by atoms with E-state index in [9.17, 15) is 4.79 Å². The van der Waals surface area contributed by atoms with Gasteiger partial charge < -0.3 is 0 Å². The van der Waals surface area contributed by atoms with Crippen molar-refractivity contribution in [2.45, 2.75) is 43.8 Å². The zero-order valence-corrected chi connectivity index (χ0v) is 13.8. The van der Waals surface area contributed by atoms with E-state index in [0.717, 1.165) is 19.3 Å². The number of benzene rings is 1. The molecule has 4 nitrogen and oxygen atoms in total. The van der Waals surface area contributed by atoms with E-state index in [1.54, 1.807) is 4.57 Å². The number of allylic oxidation sites excluding steroid dienone is 2. The topological polar surface area (TPSA) is 58.7 Å². The summed E-state index contributed by atoms with van der Waals surface area (Å²) in [6, 6.07) is 9.52. The normalized spacial score (nSPS) is 14.5. The van der Waals surface area contributed by atoms with Crippen LogP contribution in [0.3, 0.4) is 0 Å². The van der Waals surface area contributed by atoms with Crippen LogP contribution in [0.5, 0.6) is 0 Å². The first-order chi connectivity index (χ1) is 11.3. The molecule has 1 heterocycles. The molecule has 0 atom stereocenters. The van der Waals surface area contributed by atoms with E-state index in [1.807, 2.05) is 24.3 Å². The highest BCUT2D eigenvalue weighted by Crippen LogP contribution is 2.22. The zero-order valence-electron chi connectivity index (χ0n) is 13.0. The molecule has 1 aromatic heterocycles. The van der Waals surface area contributed by atoms with Gasteiger partial charge in [0, 0.05) is 6.54 Å². The molecule has 0 amide bonds. The summed E-state index contributed by atoms with van der Waals surface area (Å²) in [5, 5.41) is 10.1. The second-order valence-electron chi connectivity index (χ2n) is 5.67. The third-order valence-electron chi connectivity index (χ3n) is 4.13.